The number of nitrogens with zero attached hydrogens (tertiary/aromatic N) is 4. The van der Waals surface area contributed by atoms with Gasteiger partial charge in [0.2, 0.25) is 0 Å². The lowest BCUT2D eigenvalue weighted by Gasteiger charge is -2.26. The Hall–Kier alpha value is -1.41. The zero-order valence-corrected chi connectivity index (χ0v) is 18.8. The molecule has 0 spiro atoms. The summed E-state index contributed by atoms with van der Waals surface area (Å²) < 4.78 is 62.4. The zero-order valence-electron chi connectivity index (χ0n) is 16.1. The SMILES string of the molecule is C=C1[C@@H](n2cnc3c(C)ncnc32)C[C@H](O)[C@@]1(F)COP(=O)(O)OP(=O)(O)OP(=O)(O)O. The Morgan fingerprint density at radius 3 is 2.47 bits per heavy atom. The minimum Gasteiger partial charge on any atom is -0.389 e. The van der Waals surface area contributed by atoms with Gasteiger partial charge in [-0.3, -0.25) is 4.52 Å². The predicted octanol–water partition coefficient (Wildman–Crippen LogP) is 1.05. The summed E-state index contributed by atoms with van der Waals surface area (Å²) in [7, 11) is -16.9. The van der Waals surface area contributed by atoms with Gasteiger partial charge in [0.25, 0.3) is 0 Å². The van der Waals surface area contributed by atoms with Gasteiger partial charge in [-0.1, -0.05) is 6.58 Å². The van der Waals surface area contributed by atoms with Crippen molar-refractivity contribution in [2.24, 2.45) is 0 Å². The third-order valence-electron chi connectivity index (χ3n) is 4.64. The number of aryl methyl sites for hydroxylation is 1. The number of aromatic nitrogens is 4. The van der Waals surface area contributed by atoms with Crippen molar-refractivity contribution in [3.8, 4) is 0 Å². The Balaban J connectivity index is 1.77. The smallest absolute Gasteiger partial charge is 0.389 e. The number of fused-ring (bicyclic) bond motifs is 1. The third kappa shape index (κ3) is 5.22. The molecule has 32 heavy (non-hydrogen) atoms. The van der Waals surface area contributed by atoms with Crippen molar-refractivity contribution in [2.45, 2.75) is 31.2 Å². The fourth-order valence-electron chi connectivity index (χ4n) is 3.18. The third-order valence-corrected chi connectivity index (χ3v) is 8.42. The molecule has 15 nitrogen and oxygen atoms in total. The van der Waals surface area contributed by atoms with Crippen molar-refractivity contribution < 1.29 is 55.9 Å². The first-order valence-corrected chi connectivity index (χ1v) is 13.1. The molecule has 3 rings (SSSR count). The molecular weight excluding hydrogens is 500 g/mol. The lowest BCUT2D eigenvalue weighted by Crippen LogP contribution is -2.38. The standard InChI is InChI=1S/C13H18FN4O11P3/c1-7-9(18-6-17-11-8(2)15-5-16-12(11)18)3-10(19)13(7,14)4-27-31(23,24)29-32(25,26)28-30(20,21)22/h5-6,9-10,19H,1,3-4H2,2H3,(H,23,24)(H,25,26)(H2,20,21,22)/t9-,10-,13+/m0/s1. The van der Waals surface area contributed by atoms with E-state index in [0.29, 0.717) is 16.9 Å². The summed E-state index contributed by atoms with van der Waals surface area (Å²) in [5.41, 5.74) is -1.78. The van der Waals surface area contributed by atoms with Crippen molar-refractivity contribution >= 4 is 34.6 Å². The molecule has 0 bridgehead atoms. The topological polar surface area (TPSA) is 224 Å². The molecule has 0 aliphatic heterocycles. The molecule has 1 fully saturated rings. The fourth-order valence-corrected chi connectivity index (χ4v) is 6.22. The van der Waals surface area contributed by atoms with E-state index in [1.54, 1.807) is 6.92 Å². The van der Waals surface area contributed by atoms with Crippen LogP contribution in [0.15, 0.2) is 24.8 Å². The van der Waals surface area contributed by atoms with Crippen molar-refractivity contribution in [1.82, 2.24) is 19.5 Å². The van der Waals surface area contributed by atoms with Crippen LogP contribution in [0.1, 0.15) is 18.2 Å². The maximum atomic E-state index is 15.5. The van der Waals surface area contributed by atoms with Gasteiger partial charge in [-0.05, 0) is 12.5 Å². The van der Waals surface area contributed by atoms with Gasteiger partial charge in [0.15, 0.2) is 11.3 Å². The highest BCUT2D eigenvalue weighted by molar-refractivity contribution is 7.66. The molecule has 1 saturated carbocycles. The summed E-state index contributed by atoms with van der Waals surface area (Å²) in [6.45, 7) is 3.93. The summed E-state index contributed by atoms with van der Waals surface area (Å²) in [5, 5.41) is 10.3. The van der Waals surface area contributed by atoms with E-state index in [2.05, 4.69) is 34.7 Å². The lowest BCUT2D eigenvalue weighted by molar-refractivity contribution is -0.00237. The van der Waals surface area contributed by atoms with E-state index < -0.39 is 47.9 Å². The minimum atomic E-state index is -5.77. The second-order valence-electron chi connectivity index (χ2n) is 6.80. The van der Waals surface area contributed by atoms with Crippen LogP contribution in [0.2, 0.25) is 0 Å². The molecule has 1 aliphatic rings. The largest absolute Gasteiger partial charge is 0.490 e. The van der Waals surface area contributed by atoms with Gasteiger partial charge in [-0.2, -0.15) is 8.62 Å². The maximum Gasteiger partial charge on any atom is 0.490 e. The Bertz CT molecular complexity index is 1200. The van der Waals surface area contributed by atoms with Crippen molar-refractivity contribution in [1.29, 1.82) is 0 Å². The molecule has 178 valence electrons. The van der Waals surface area contributed by atoms with E-state index >= 15 is 4.39 Å². The number of aliphatic hydroxyl groups is 1. The first kappa shape index (κ1) is 25.2. The molecule has 2 aromatic rings. The molecule has 5 atom stereocenters. The van der Waals surface area contributed by atoms with Crippen molar-refractivity contribution in [3.63, 3.8) is 0 Å². The summed E-state index contributed by atoms with van der Waals surface area (Å²) in [6.07, 6.45) is 0.571. The zero-order chi connectivity index (χ0) is 24.1. The number of phosphoric acid groups is 3. The summed E-state index contributed by atoms with van der Waals surface area (Å²) in [4.78, 5) is 48.0. The monoisotopic (exact) mass is 518 g/mol. The molecule has 1 aliphatic carbocycles. The normalized spacial score (nSPS) is 28.0. The molecule has 5 N–H and O–H groups in total. The second-order valence-corrected chi connectivity index (χ2v) is 11.2. The average Bonchev–Trinajstić information content (AvgIpc) is 3.13. The number of imidazole rings is 1. The highest BCUT2D eigenvalue weighted by atomic mass is 31.3. The van der Waals surface area contributed by atoms with Gasteiger partial charge in [-0.25, -0.2) is 33.0 Å². The maximum absolute atomic E-state index is 15.5. The van der Waals surface area contributed by atoms with Crippen LogP contribution in [0.4, 0.5) is 4.39 Å². The number of phosphoric ester groups is 1. The van der Waals surface area contributed by atoms with Crippen LogP contribution in [0, 0.1) is 6.92 Å². The van der Waals surface area contributed by atoms with Crippen LogP contribution in [-0.4, -0.2) is 62.6 Å². The number of aliphatic hydroxyl groups excluding tert-OH is 1. The first-order chi connectivity index (χ1) is 14.5. The Morgan fingerprint density at radius 1 is 1.19 bits per heavy atom. The molecule has 2 heterocycles. The number of alkyl halides is 1. The van der Waals surface area contributed by atoms with E-state index in [1.165, 1.54) is 17.2 Å². The second kappa shape index (κ2) is 8.42. The van der Waals surface area contributed by atoms with Crippen LogP contribution in [-0.2, 0) is 26.8 Å². The van der Waals surface area contributed by atoms with E-state index in [0.717, 1.165) is 0 Å². The molecule has 0 saturated heterocycles. The molecule has 2 aromatic heterocycles. The summed E-state index contributed by atoms with van der Waals surface area (Å²) in [5.74, 6) is 0. The van der Waals surface area contributed by atoms with Gasteiger partial charge in [0.05, 0.1) is 30.8 Å². The Kier molecular flexibility index (Phi) is 6.64. The molecule has 0 aromatic carbocycles. The molecular formula is C13H18FN4O11P3. The van der Waals surface area contributed by atoms with Crippen LogP contribution >= 0.6 is 23.5 Å². The highest BCUT2D eigenvalue weighted by Crippen LogP contribution is 2.66. The quantitative estimate of drug-likeness (QED) is 0.243. The van der Waals surface area contributed by atoms with Crippen molar-refractivity contribution in [2.75, 3.05) is 6.61 Å². The number of rotatable bonds is 8. The average molecular weight is 518 g/mol. The van der Waals surface area contributed by atoms with Crippen LogP contribution in [0.5, 0.6) is 0 Å². The van der Waals surface area contributed by atoms with Gasteiger partial charge in [0.1, 0.15) is 11.8 Å². The van der Waals surface area contributed by atoms with Crippen LogP contribution < -0.4 is 0 Å². The van der Waals surface area contributed by atoms with E-state index in [9.17, 15) is 23.7 Å². The predicted molar refractivity (Wildman–Crippen MR) is 103 cm³/mol. The van der Waals surface area contributed by atoms with E-state index in [-0.39, 0.29) is 12.0 Å². The van der Waals surface area contributed by atoms with Gasteiger partial charge in [0, 0.05) is 6.42 Å². The van der Waals surface area contributed by atoms with Gasteiger partial charge < -0.3 is 29.2 Å². The number of halogens is 1. The molecule has 0 amide bonds. The lowest BCUT2D eigenvalue weighted by atomic mass is 9.99. The fraction of sp³-hybridized carbons (Fsp3) is 0.462. The summed E-state index contributed by atoms with van der Waals surface area (Å²) in [6, 6.07) is -0.890. The highest BCUT2D eigenvalue weighted by Gasteiger charge is 2.54. The minimum absolute atomic E-state index is 0.246. The van der Waals surface area contributed by atoms with Gasteiger partial charge in [-0.15, -0.1) is 0 Å². The van der Waals surface area contributed by atoms with E-state index in [1.807, 2.05) is 0 Å². The number of hydrogen-bond donors (Lipinski definition) is 5. The molecule has 2 unspecified atom stereocenters. The summed E-state index contributed by atoms with van der Waals surface area (Å²) >= 11 is 0. The molecule has 0 radical (unpaired) electrons. The van der Waals surface area contributed by atoms with Crippen LogP contribution in [0.3, 0.4) is 0 Å². The Labute approximate surface area is 179 Å². The van der Waals surface area contributed by atoms with E-state index in [4.69, 9.17) is 14.7 Å². The van der Waals surface area contributed by atoms with Gasteiger partial charge >= 0.3 is 23.5 Å². The molecule has 19 heteroatoms. The number of hydrogen-bond acceptors (Lipinski definition) is 10. The Morgan fingerprint density at radius 2 is 1.84 bits per heavy atom. The first-order valence-electron chi connectivity index (χ1n) is 8.53. The van der Waals surface area contributed by atoms with Crippen LogP contribution in [0.25, 0.3) is 11.2 Å². The van der Waals surface area contributed by atoms with Crippen molar-refractivity contribution in [3.05, 3.63) is 30.5 Å².